The number of carbonyl (C=O) groups is 3. The van der Waals surface area contributed by atoms with Crippen LogP contribution in [0.15, 0.2) is 29.4 Å². The van der Waals surface area contributed by atoms with Crippen molar-refractivity contribution < 1.29 is 19.5 Å². The van der Waals surface area contributed by atoms with Crippen LogP contribution in [-0.2, 0) is 9.59 Å². The van der Waals surface area contributed by atoms with Gasteiger partial charge in [0.05, 0.1) is 19.3 Å². The Morgan fingerprint density at radius 2 is 2.04 bits per heavy atom. The van der Waals surface area contributed by atoms with Gasteiger partial charge in [0, 0.05) is 6.54 Å². The van der Waals surface area contributed by atoms with Crippen LogP contribution in [0.4, 0.5) is 4.79 Å². The fourth-order valence-electron chi connectivity index (χ4n) is 3.46. The summed E-state index contributed by atoms with van der Waals surface area (Å²) in [6, 6.07) is 6.46. The summed E-state index contributed by atoms with van der Waals surface area (Å²) in [7, 11) is 0. The fraction of sp³-hybridized carbons (Fsp3) is 0.412. The average Bonchev–Trinajstić information content (AvgIpc) is 3.21. The van der Waals surface area contributed by atoms with Crippen LogP contribution in [0.5, 0.6) is 0 Å². The normalized spacial score (nSPS) is 30.2. The van der Waals surface area contributed by atoms with Crippen molar-refractivity contribution in [2.24, 2.45) is 10.8 Å². The lowest BCUT2D eigenvalue weighted by Crippen LogP contribution is -2.65. The molecule has 0 radical (unpaired) electrons. The Labute approximate surface area is 159 Å². The summed E-state index contributed by atoms with van der Waals surface area (Å²) < 4.78 is 0. The Morgan fingerprint density at radius 1 is 1.33 bits per heavy atom. The van der Waals surface area contributed by atoms with Crippen LogP contribution in [0.2, 0.25) is 0 Å². The van der Waals surface area contributed by atoms with Gasteiger partial charge in [-0.1, -0.05) is 41.6 Å². The second-order valence-electron chi connectivity index (χ2n) is 6.80. The van der Waals surface area contributed by atoms with Crippen molar-refractivity contribution in [3.05, 3.63) is 35.4 Å². The Bertz CT molecular complexity index is 844. The SMILES string of the molecule is Cc1ccc(/C=N/N2CCN([C@]3(C(=O)O)CN4C(=O)[C@@H](N)[C@H]4S3)C2=O)cc1. The first-order chi connectivity index (χ1) is 12.8. The van der Waals surface area contributed by atoms with Crippen LogP contribution < -0.4 is 5.73 Å². The first-order valence-electron chi connectivity index (χ1n) is 8.50. The highest BCUT2D eigenvalue weighted by atomic mass is 32.2. The van der Waals surface area contributed by atoms with E-state index in [2.05, 4.69) is 5.10 Å². The van der Waals surface area contributed by atoms with Gasteiger partial charge < -0.3 is 15.7 Å². The molecule has 1 aromatic carbocycles. The van der Waals surface area contributed by atoms with Gasteiger partial charge in [0.15, 0.2) is 0 Å². The van der Waals surface area contributed by atoms with E-state index in [1.165, 1.54) is 14.8 Å². The number of carboxylic acids is 1. The molecule has 0 unspecified atom stereocenters. The summed E-state index contributed by atoms with van der Waals surface area (Å²) in [5, 5.41) is 14.9. The maximum atomic E-state index is 12.8. The number of fused-ring (bicyclic) bond motifs is 1. The van der Waals surface area contributed by atoms with Gasteiger partial charge in [-0.3, -0.25) is 9.69 Å². The van der Waals surface area contributed by atoms with Gasteiger partial charge in [0.25, 0.3) is 0 Å². The van der Waals surface area contributed by atoms with E-state index in [9.17, 15) is 19.5 Å². The molecule has 0 spiro atoms. The van der Waals surface area contributed by atoms with Crippen LogP contribution in [-0.4, -0.2) is 80.0 Å². The highest BCUT2D eigenvalue weighted by molar-refractivity contribution is 8.02. The summed E-state index contributed by atoms with van der Waals surface area (Å²) in [4.78, 5) is 37.9. The molecule has 142 valence electrons. The molecule has 3 fully saturated rings. The molecule has 10 heteroatoms. The Morgan fingerprint density at radius 3 is 2.67 bits per heavy atom. The van der Waals surface area contributed by atoms with Gasteiger partial charge in [-0.05, 0) is 12.5 Å². The molecule has 27 heavy (non-hydrogen) atoms. The molecule has 3 atom stereocenters. The number of hydrogen-bond donors (Lipinski definition) is 2. The third-order valence-corrected chi connectivity index (χ3v) is 6.77. The minimum absolute atomic E-state index is 0.0640. The first kappa shape index (κ1) is 17.8. The van der Waals surface area contributed by atoms with E-state index in [-0.39, 0.29) is 25.5 Å². The molecule has 3 saturated heterocycles. The molecule has 3 N–H and O–H groups in total. The van der Waals surface area contributed by atoms with Gasteiger partial charge in [-0.2, -0.15) is 5.10 Å². The van der Waals surface area contributed by atoms with Crippen LogP contribution in [0.25, 0.3) is 0 Å². The topological polar surface area (TPSA) is 120 Å². The van der Waals surface area contributed by atoms with E-state index in [0.717, 1.165) is 22.9 Å². The molecule has 3 heterocycles. The van der Waals surface area contributed by atoms with E-state index in [0.29, 0.717) is 0 Å². The lowest BCUT2D eigenvalue weighted by atomic mass is 10.1. The standard InChI is InChI=1S/C17H19N5O4S/c1-10-2-4-11(5-3-10)8-19-22-7-6-21(16(22)26)17(15(24)25)9-20-13(23)12(18)14(20)27-17/h2-5,8,12,14H,6-7,9,18H2,1H3,(H,24,25)/b19-8+/t12-,14-,17-/m1/s1. The van der Waals surface area contributed by atoms with Gasteiger partial charge in [0.2, 0.25) is 10.8 Å². The highest BCUT2D eigenvalue weighted by Gasteiger charge is 2.65. The van der Waals surface area contributed by atoms with Crippen LogP contribution in [0.1, 0.15) is 11.1 Å². The summed E-state index contributed by atoms with van der Waals surface area (Å²) >= 11 is 1.05. The maximum Gasteiger partial charge on any atom is 0.342 e. The minimum Gasteiger partial charge on any atom is -0.479 e. The molecule has 0 aliphatic carbocycles. The number of amides is 3. The number of urea groups is 1. The molecule has 9 nitrogen and oxygen atoms in total. The second-order valence-corrected chi connectivity index (χ2v) is 8.20. The number of hydrazone groups is 1. The lowest BCUT2D eigenvalue weighted by molar-refractivity contribution is -0.148. The van der Waals surface area contributed by atoms with E-state index in [4.69, 9.17) is 5.73 Å². The number of nitrogens with two attached hydrogens (primary N) is 1. The molecule has 0 saturated carbocycles. The monoisotopic (exact) mass is 389 g/mol. The Hall–Kier alpha value is -2.59. The second kappa shape index (κ2) is 6.24. The molecule has 1 aromatic rings. The van der Waals surface area contributed by atoms with E-state index in [1.807, 2.05) is 31.2 Å². The summed E-state index contributed by atoms with van der Waals surface area (Å²) in [6.45, 7) is 2.41. The zero-order chi connectivity index (χ0) is 19.3. The number of β-lactam (4-membered cyclic amide) rings is 1. The number of rotatable bonds is 4. The zero-order valence-electron chi connectivity index (χ0n) is 14.6. The summed E-state index contributed by atoms with van der Waals surface area (Å²) in [5.74, 6) is -1.43. The number of hydrogen-bond acceptors (Lipinski definition) is 6. The van der Waals surface area contributed by atoms with Crippen LogP contribution >= 0.6 is 11.8 Å². The zero-order valence-corrected chi connectivity index (χ0v) is 15.4. The van der Waals surface area contributed by atoms with Crippen molar-refractivity contribution in [2.75, 3.05) is 19.6 Å². The molecule has 3 aliphatic rings. The maximum absolute atomic E-state index is 12.8. The fourth-order valence-corrected chi connectivity index (χ4v) is 5.04. The third-order valence-electron chi connectivity index (χ3n) is 5.06. The van der Waals surface area contributed by atoms with E-state index < -0.39 is 28.3 Å². The minimum atomic E-state index is -1.53. The van der Waals surface area contributed by atoms with Crippen molar-refractivity contribution in [3.8, 4) is 0 Å². The molecule has 3 amide bonds. The average molecular weight is 389 g/mol. The van der Waals surface area contributed by atoms with Crippen LogP contribution in [0.3, 0.4) is 0 Å². The number of carboxylic acid groups (broad SMARTS) is 1. The first-order valence-corrected chi connectivity index (χ1v) is 9.38. The number of aryl methyl sites for hydroxylation is 1. The molecular formula is C17H19N5O4S. The number of nitrogens with zero attached hydrogens (tertiary/aromatic N) is 4. The van der Waals surface area contributed by atoms with Crippen molar-refractivity contribution in [3.63, 3.8) is 0 Å². The molecule has 4 rings (SSSR count). The summed E-state index contributed by atoms with van der Waals surface area (Å²) in [5.41, 5.74) is 7.73. The van der Waals surface area contributed by atoms with Crippen molar-refractivity contribution >= 4 is 35.9 Å². The van der Waals surface area contributed by atoms with E-state index in [1.54, 1.807) is 6.21 Å². The number of thioether (sulfide) groups is 1. The van der Waals surface area contributed by atoms with Gasteiger partial charge in [-0.25, -0.2) is 14.6 Å². The van der Waals surface area contributed by atoms with Gasteiger partial charge >= 0.3 is 12.0 Å². The van der Waals surface area contributed by atoms with Crippen molar-refractivity contribution in [1.82, 2.24) is 14.8 Å². The third kappa shape index (κ3) is 2.67. The molecule has 0 aromatic heterocycles. The Kier molecular flexibility index (Phi) is 4.11. The predicted molar refractivity (Wildman–Crippen MR) is 99.0 cm³/mol. The summed E-state index contributed by atoms with van der Waals surface area (Å²) in [6.07, 6.45) is 1.57. The number of aliphatic carboxylic acids is 1. The Balaban J connectivity index is 1.52. The number of carbonyl (C=O) groups excluding carboxylic acids is 2. The largest absolute Gasteiger partial charge is 0.479 e. The molecular weight excluding hydrogens is 370 g/mol. The van der Waals surface area contributed by atoms with Gasteiger partial charge in [0.1, 0.15) is 11.4 Å². The number of benzene rings is 1. The van der Waals surface area contributed by atoms with E-state index >= 15 is 0 Å². The smallest absolute Gasteiger partial charge is 0.342 e. The predicted octanol–water partition coefficient (Wildman–Crippen LogP) is 0.0898. The quantitative estimate of drug-likeness (QED) is 0.556. The highest BCUT2D eigenvalue weighted by Crippen LogP contribution is 2.49. The molecule has 0 bridgehead atoms. The van der Waals surface area contributed by atoms with Crippen molar-refractivity contribution in [1.29, 1.82) is 0 Å². The van der Waals surface area contributed by atoms with Crippen molar-refractivity contribution in [2.45, 2.75) is 23.2 Å². The van der Waals surface area contributed by atoms with Gasteiger partial charge in [-0.15, -0.1) is 0 Å². The molecule has 3 aliphatic heterocycles. The van der Waals surface area contributed by atoms with Crippen LogP contribution in [0, 0.1) is 6.92 Å². The lowest BCUT2D eigenvalue weighted by Gasteiger charge is -2.38.